The summed E-state index contributed by atoms with van der Waals surface area (Å²) >= 11 is 5.79. The van der Waals surface area contributed by atoms with Gasteiger partial charge in [0, 0.05) is 28.4 Å². The summed E-state index contributed by atoms with van der Waals surface area (Å²) in [7, 11) is 0. The Morgan fingerprint density at radius 1 is 0.848 bits per heavy atom. The second kappa shape index (κ2) is 11.6. The first-order valence-corrected chi connectivity index (χ1v) is 9.79. The lowest BCUT2D eigenvalue weighted by Gasteiger charge is -2.30. The molecule has 0 unspecified atom stereocenters. The highest BCUT2D eigenvalue weighted by Crippen LogP contribution is 2.35. The lowest BCUT2D eigenvalue weighted by molar-refractivity contribution is -0.150. The Bertz CT molecular complexity index is 901. The number of nitrogens with zero attached hydrogens (tertiary/aromatic N) is 1. The molecular weight excluding hydrogens is 512 g/mol. The van der Waals surface area contributed by atoms with Crippen LogP contribution in [0.4, 0.5) is 32.0 Å². The van der Waals surface area contributed by atoms with Crippen LogP contribution in [-0.2, 0) is 12.4 Å². The van der Waals surface area contributed by atoms with Crippen LogP contribution in [0.1, 0.15) is 47.4 Å². The van der Waals surface area contributed by atoms with E-state index in [0.29, 0.717) is 48.4 Å². The number of carbonyl (C=O) groups excluding carboxylic acids is 1. The average Bonchev–Trinajstić information content (AvgIpc) is 2.68. The van der Waals surface area contributed by atoms with Crippen LogP contribution in [-0.4, -0.2) is 23.0 Å². The van der Waals surface area contributed by atoms with Gasteiger partial charge < -0.3 is 10.6 Å². The lowest BCUT2D eigenvalue weighted by Crippen LogP contribution is -2.40. The second-order valence-electron chi connectivity index (χ2n) is 7.30. The number of pyridine rings is 1. The number of hydrogen-bond donors (Lipinski definition) is 2. The Morgan fingerprint density at radius 2 is 1.30 bits per heavy atom. The minimum absolute atomic E-state index is 0. The fourth-order valence-electron chi connectivity index (χ4n) is 3.39. The van der Waals surface area contributed by atoms with E-state index in [1.54, 1.807) is 24.3 Å². The van der Waals surface area contributed by atoms with Crippen molar-refractivity contribution in [2.45, 2.75) is 50.1 Å². The molecule has 13 heteroatoms. The topological polar surface area (TPSA) is 54.0 Å². The molecule has 33 heavy (non-hydrogen) atoms. The number of alkyl halides is 6. The van der Waals surface area contributed by atoms with Gasteiger partial charge in [0.25, 0.3) is 5.91 Å². The zero-order chi connectivity index (χ0) is 22.8. The normalized spacial score (nSPS) is 18.5. The molecule has 0 aliphatic heterocycles. The van der Waals surface area contributed by atoms with Gasteiger partial charge in [-0.05, 0) is 62.1 Å². The molecule has 0 saturated heterocycles. The highest BCUT2D eigenvalue weighted by atomic mass is 35.5. The molecule has 1 aromatic carbocycles. The molecule has 184 valence electrons. The van der Waals surface area contributed by atoms with Gasteiger partial charge in [-0.3, -0.25) is 4.79 Å². The molecular formula is C20H22ClF6N3OS2. The van der Waals surface area contributed by atoms with Crippen molar-refractivity contribution in [3.8, 4) is 0 Å². The van der Waals surface area contributed by atoms with Gasteiger partial charge >= 0.3 is 12.4 Å². The van der Waals surface area contributed by atoms with Gasteiger partial charge in [-0.2, -0.15) is 53.3 Å². The van der Waals surface area contributed by atoms with Crippen LogP contribution in [0.15, 0.2) is 36.4 Å². The summed E-state index contributed by atoms with van der Waals surface area (Å²) in [5.74, 6) is -0.271. The molecule has 4 nitrogen and oxygen atoms in total. The maximum Gasteiger partial charge on any atom is 0.433 e. The molecule has 0 atom stereocenters. The van der Waals surface area contributed by atoms with E-state index in [-0.39, 0.29) is 50.7 Å². The summed E-state index contributed by atoms with van der Waals surface area (Å²) < 4.78 is 77.7. The Kier molecular flexibility index (Phi) is 10.2. The second-order valence-corrected chi connectivity index (χ2v) is 7.73. The van der Waals surface area contributed by atoms with Gasteiger partial charge in [0.05, 0.1) is 0 Å². The molecule has 0 spiro atoms. The van der Waals surface area contributed by atoms with Crippen LogP contribution in [0, 0.1) is 0 Å². The van der Waals surface area contributed by atoms with Crippen LogP contribution < -0.4 is 10.6 Å². The van der Waals surface area contributed by atoms with Gasteiger partial charge in [-0.15, -0.1) is 0 Å². The molecule has 0 radical (unpaired) electrons. The monoisotopic (exact) mass is 533 g/mol. The maximum absolute atomic E-state index is 12.9. The van der Waals surface area contributed by atoms with Crippen LogP contribution in [0.3, 0.4) is 0 Å². The molecule has 1 amide bonds. The Labute approximate surface area is 205 Å². The van der Waals surface area contributed by atoms with E-state index in [1.807, 2.05) is 0 Å². The van der Waals surface area contributed by atoms with Crippen molar-refractivity contribution in [2.75, 3.05) is 5.32 Å². The van der Waals surface area contributed by atoms with E-state index in [0.717, 1.165) is 0 Å². The summed E-state index contributed by atoms with van der Waals surface area (Å²) in [6.07, 6.45) is -8.00. The van der Waals surface area contributed by atoms with Crippen molar-refractivity contribution in [1.82, 2.24) is 10.3 Å². The molecule has 1 aromatic heterocycles. The summed E-state index contributed by atoms with van der Waals surface area (Å²) in [5, 5.41) is 6.13. The van der Waals surface area contributed by atoms with Crippen LogP contribution in [0.25, 0.3) is 0 Å². The number of aromatic nitrogens is 1. The molecule has 1 aliphatic rings. The van der Waals surface area contributed by atoms with E-state index in [4.69, 9.17) is 11.6 Å². The van der Waals surface area contributed by atoms with E-state index in [1.165, 1.54) is 0 Å². The first kappa shape index (κ1) is 29.2. The van der Waals surface area contributed by atoms with E-state index in [9.17, 15) is 31.1 Å². The number of rotatable bonds is 4. The number of halogens is 7. The van der Waals surface area contributed by atoms with Crippen LogP contribution in [0.5, 0.6) is 0 Å². The van der Waals surface area contributed by atoms with E-state index >= 15 is 0 Å². The minimum atomic E-state index is -5.00. The molecule has 1 heterocycles. The molecule has 2 N–H and O–H groups in total. The van der Waals surface area contributed by atoms with Crippen molar-refractivity contribution in [3.63, 3.8) is 0 Å². The van der Waals surface area contributed by atoms with Crippen LogP contribution in [0.2, 0.25) is 5.02 Å². The quantitative estimate of drug-likeness (QED) is 0.463. The predicted octanol–water partition coefficient (Wildman–Crippen LogP) is 6.15. The van der Waals surface area contributed by atoms with Crippen LogP contribution >= 0.6 is 38.6 Å². The number of anilines is 1. The summed E-state index contributed by atoms with van der Waals surface area (Å²) in [4.78, 5) is 15.0. The fourth-order valence-corrected chi connectivity index (χ4v) is 3.52. The highest BCUT2D eigenvalue weighted by Gasteiger charge is 2.39. The zero-order valence-electron chi connectivity index (χ0n) is 16.9. The largest absolute Gasteiger partial charge is 0.433 e. The highest BCUT2D eigenvalue weighted by molar-refractivity contribution is 7.59. The minimum Gasteiger partial charge on any atom is -0.382 e. The Hall–Kier alpha value is -1.79. The van der Waals surface area contributed by atoms with Gasteiger partial charge in [0.1, 0.15) is 11.4 Å². The molecule has 1 saturated carbocycles. The molecule has 2 aromatic rings. The predicted molar refractivity (Wildman–Crippen MR) is 124 cm³/mol. The SMILES string of the molecule is O=C(NC1CCC(Nc2cc(C(F)(F)F)nc(C(F)(F)F)c2)CC1)c1ccc(Cl)cc1.S.S. The number of nitrogens with one attached hydrogen (secondary N) is 2. The fraction of sp³-hybridized carbons (Fsp3) is 0.400. The van der Waals surface area contributed by atoms with E-state index in [2.05, 4.69) is 15.6 Å². The maximum atomic E-state index is 12.9. The van der Waals surface area contributed by atoms with Crippen molar-refractivity contribution in [1.29, 1.82) is 0 Å². The van der Waals surface area contributed by atoms with Crippen molar-refractivity contribution >= 4 is 50.2 Å². The standard InChI is InChI=1S/C20H18ClF6N3O.2H2S/c21-12-3-1-11(2-4-12)18(31)29-14-7-5-13(6-8-14)28-15-9-16(19(22,23)24)30-17(10-15)20(25,26)27;;/h1-4,9-10,13-14H,5-8H2,(H,28,30)(H,29,31);2*1H2. The number of benzene rings is 1. The smallest absolute Gasteiger partial charge is 0.382 e. The molecule has 1 fully saturated rings. The Morgan fingerprint density at radius 3 is 1.76 bits per heavy atom. The molecule has 1 aliphatic carbocycles. The third kappa shape index (κ3) is 8.18. The van der Waals surface area contributed by atoms with Gasteiger partial charge in [0.2, 0.25) is 0 Å². The molecule has 3 rings (SSSR count). The third-order valence-electron chi connectivity index (χ3n) is 4.95. The molecule has 0 bridgehead atoms. The first-order valence-electron chi connectivity index (χ1n) is 9.41. The summed E-state index contributed by atoms with van der Waals surface area (Å²) in [5.41, 5.74) is -3.05. The van der Waals surface area contributed by atoms with Crippen molar-refractivity contribution in [3.05, 3.63) is 58.4 Å². The lowest BCUT2D eigenvalue weighted by atomic mass is 9.90. The first-order chi connectivity index (χ1) is 14.4. The summed E-state index contributed by atoms with van der Waals surface area (Å²) in [6, 6.07) is 7.04. The summed E-state index contributed by atoms with van der Waals surface area (Å²) in [6.45, 7) is 0. The van der Waals surface area contributed by atoms with Gasteiger partial charge in [-0.25, -0.2) is 4.98 Å². The van der Waals surface area contributed by atoms with Gasteiger partial charge in [0.15, 0.2) is 0 Å². The number of amides is 1. The van der Waals surface area contributed by atoms with Gasteiger partial charge in [-0.1, -0.05) is 11.6 Å². The number of carbonyl (C=O) groups is 1. The van der Waals surface area contributed by atoms with Crippen molar-refractivity contribution in [2.24, 2.45) is 0 Å². The Balaban J connectivity index is 0.00000272. The average molecular weight is 534 g/mol. The van der Waals surface area contributed by atoms with Crippen molar-refractivity contribution < 1.29 is 31.1 Å². The van der Waals surface area contributed by atoms with E-state index < -0.39 is 23.7 Å². The third-order valence-corrected chi connectivity index (χ3v) is 5.20. The zero-order valence-corrected chi connectivity index (χ0v) is 19.7. The number of hydrogen-bond acceptors (Lipinski definition) is 3.